The predicted octanol–water partition coefficient (Wildman–Crippen LogP) is 6.31. The average molecular weight is 546 g/mol. The van der Waals surface area contributed by atoms with Gasteiger partial charge in [-0.05, 0) is 128 Å². The van der Waals surface area contributed by atoms with E-state index in [4.69, 9.17) is 18.9 Å². The van der Waals surface area contributed by atoms with Gasteiger partial charge in [-0.25, -0.2) is 0 Å². The van der Waals surface area contributed by atoms with Gasteiger partial charge in [0.1, 0.15) is 12.4 Å². The summed E-state index contributed by atoms with van der Waals surface area (Å²) >= 11 is 0. The maximum absolute atomic E-state index is 13.9. The van der Waals surface area contributed by atoms with Gasteiger partial charge in [0.05, 0.1) is 21.3 Å². The third-order valence-corrected chi connectivity index (χ3v) is 10.2. The molecule has 2 saturated carbocycles. The Bertz CT molecular complexity index is 1270. The fourth-order valence-electron chi connectivity index (χ4n) is 8.13. The first kappa shape index (κ1) is 27.2. The lowest BCUT2D eigenvalue weighted by molar-refractivity contribution is -0.127. The molecule has 3 fully saturated rings. The smallest absolute Gasteiger partial charge is 0.203 e. The van der Waals surface area contributed by atoms with Gasteiger partial charge in [0.2, 0.25) is 5.75 Å². The van der Waals surface area contributed by atoms with Gasteiger partial charge in [-0.1, -0.05) is 13.0 Å². The molecule has 40 heavy (non-hydrogen) atoms. The fraction of sp³-hybridized carbons (Fsp3) is 0.559. The molecule has 1 aliphatic heterocycles. The molecule has 0 amide bonds. The van der Waals surface area contributed by atoms with Crippen LogP contribution in [0.2, 0.25) is 0 Å². The molecule has 2 aromatic rings. The lowest BCUT2D eigenvalue weighted by atomic mass is 9.55. The molecule has 0 bridgehead atoms. The summed E-state index contributed by atoms with van der Waals surface area (Å²) in [5.41, 5.74) is 4.47. The third-order valence-electron chi connectivity index (χ3n) is 10.2. The third kappa shape index (κ3) is 4.78. The fourth-order valence-corrected chi connectivity index (χ4v) is 8.13. The first-order valence-electron chi connectivity index (χ1n) is 15.0. The quantitative estimate of drug-likeness (QED) is 0.363. The Morgan fingerprint density at radius 1 is 1.00 bits per heavy atom. The summed E-state index contributed by atoms with van der Waals surface area (Å²) < 4.78 is 22.8. The molecule has 0 N–H and O–H groups in total. The molecule has 2 aromatic carbocycles. The van der Waals surface area contributed by atoms with E-state index in [-0.39, 0.29) is 5.41 Å². The van der Waals surface area contributed by atoms with Crippen LogP contribution in [0.15, 0.2) is 35.9 Å². The van der Waals surface area contributed by atoms with Gasteiger partial charge in [0.25, 0.3) is 0 Å². The minimum absolute atomic E-state index is 0.288. The molecule has 1 heterocycles. The predicted molar refractivity (Wildman–Crippen MR) is 157 cm³/mol. The average Bonchev–Trinajstić information content (AvgIpc) is 3.58. The summed E-state index contributed by atoms with van der Waals surface area (Å²) in [5, 5.41) is 0. The van der Waals surface area contributed by atoms with Gasteiger partial charge in [0.15, 0.2) is 17.3 Å². The first-order valence-corrected chi connectivity index (χ1v) is 15.0. The van der Waals surface area contributed by atoms with Crippen molar-refractivity contribution in [1.29, 1.82) is 0 Å². The van der Waals surface area contributed by atoms with Crippen molar-refractivity contribution in [3.8, 4) is 23.0 Å². The van der Waals surface area contributed by atoms with Gasteiger partial charge in [-0.15, -0.1) is 0 Å². The van der Waals surface area contributed by atoms with Crippen molar-refractivity contribution < 1.29 is 23.7 Å². The number of carbonyl (C=O) groups is 1. The van der Waals surface area contributed by atoms with E-state index in [2.05, 4.69) is 30.0 Å². The number of Topliss-reactive ketones (excluding diaryl/α,β-unsaturated/α-hetero) is 1. The molecular weight excluding hydrogens is 502 g/mol. The maximum atomic E-state index is 13.9. The number of benzene rings is 2. The molecule has 6 heteroatoms. The molecule has 0 unspecified atom stereocenters. The molecule has 0 aromatic heterocycles. The van der Waals surface area contributed by atoms with E-state index >= 15 is 0 Å². The normalized spacial score (nSPS) is 28.6. The zero-order valence-corrected chi connectivity index (χ0v) is 24.5. The van der Waals surface area contributed by atoms with Gasteiger partial charge in [-0.2, -0.15) is 0 Å². The Balaban J connectivity index is 1.20. The standard InChI is InChI=1S/C34H43NO5/c1-34-12-11-27-26-10-8-25(40-16-15-35-13-5-6-14-35)20-23(26)7-9-28(27)29(34)21-24(33(34)36)17-22-18-30(37-2)32(39-4)31(19-22)38-3/h8,10,17-20,27-29H,5-7,9,11-16,21H2,1-4H3/b24-17+/t27-,28-,29+,34+/m1/s1. The number of hydrogen-bond acceptors (Lipinski definition) is 6. The summed E-state index contributed by atoms with van der Waals surface area (Å²) in [5.74, 6) is 4.51. The molecule has 0 radical (unpaired) electrons. The Morgan fingerprint density at radius 3 is 2.45 bits per heavy atom. The van der Waals surface area contributed by atoms with E-state index in [1.165, 1.54) is 37.1 Å². The van der Waals surface area contributed by atoms with E-state index in [9.17, 15) is 4.79 Å². The second-order valence-electron chi connectivity index (χ2n) is 12.3. The Kier molecular flexibility index (Phi) is 7.56. The summed E-state index contributed by atoms with van der Waals surface area (Å²) in [6.07, 6.45) is 9.73. The number of carbonyl (C=O) groups excluding carboxylic acids is 1. The van der Waals surface area contributed by atoms with E-state index in [0.29, 0.717) is 40.8 Å². The van der Waals surface area contributed by atoms with E-state index < -0.39 is 0 Å². The Morgan fingerprint density at radius 2 is 1.75 bits per heavy atom. The number of ketones is 1. The second kappa shape index (κ2) is 11.1. The van der Waals surface area contributed by atoms with E-state index in [0.717, 1.165) is 62.1 Å². The topological polar surface area (TPSA) is 57.2 Å². The Hall–Kier alpha value is -2.99. The lowest BCUT2D eigenvalue weighted by Crippen LogP contribution is -2.42. The molecule has 4 atom stereocenters. The van der Waals surface area contributed by atoms with Crippen molar-refractivity contribution in [2.24, 2.45) is 17.3 Å². The van der Waals surface area contributed by atoms with Crippen LogP contribution in [-0.2, 0) is 11.2 Å². The highest BCUT2D eigenvalue weighted by molar-refractivity contribution is 6.06. The van der Waals surface area contributed by atoms with Crippen molar-refractivity contribution in [3.05, 3.63) is 52.6 Å². The highest BCUT2D eigenvalue weighted by atomic mass is 16.5. The van der Waals surface area contributed by atoms with Crippen molar-refractivity contribution in [3.63, 3.8) is 0 Å². The number of aryl methyl sites for hydroxylation is 1. The summed E-state index contributed by atoms with van der Waals surface area (Å²) in [4.78, 5) is 16.4. The summed E-state index contributed by atoms with van der Waals surface area (Å²) in [7, 11) is 4.84. The zero-order chi connectivity index (χ0) is 27.9. The van der Waals surface area contributed by atoms with Crippen LogP contribution in [0.4, 0.5) is 0 Å². The maximum Gasteiger partial charge on any atom is 0.203 e. The van der Waals surface area contributed by atoms with Gasteiger partial charge in [0, 0.05) is 12.0 Å². The number of methoxy groups -OCH3 is 3. The number of hydrogen-bond donors (Lipinski definition) is 0. The molecule has 214 valence electrons. The van der Waals surface area contributed by atoms with Crippen LogP contribution >= 0.6 is 0 Å². The van der Waals surface area contributed by atoms with Crippen molar-refractivity contribution in [2.75, 3.05) is 47.6 Å². The lowest BCUT2D eigenvalue weighted by Gasteiger charge is -2.48. The first-order chi connectivity index (χ1) is 19.4. The molecule has 1 saturated heterocycles. The zero-order valence-electron chi connectivity index (χ0n) is 24.5. The summed E-state index contributed by atoms with van der Waals surface area (Å²) in [6.45, 7) is 6.41. The van der Waals surface area contributed by atoms with Crippen LogP contribution in [0.3, 0.4) is 0 Å². The van der Waals surface area contributed by atoms with Crippen LogP contribution in [0, 0.1) is 17.3 Å². The molecule has 4 aliphatic rings. The molecular formula is C34H43NO5. The molecule has 0 spiro atoms. The number of fused-ring (bicyclic) bond motifs is 5. The van der Waals surface area contributed by atoms with Crippen LogP contribution in [0.1, 0.15) is 68.1 Å². The highest BCUT2D eigenvalue weighted by Gasteiger charge is 2.56. The number of rotatable bonds is 8. The van der Waals surface area contributed by atoms with Crippen LogP contribution in [-0.4, -0.2) is 58.3 Å². The van der Waals surface area contributed by atoms with Crippen molar-refractivity contribution >= 4 is 11.9 Å². The number of ether oxygens (including phenoxy) is 4. The number of allylic oxidation sites excluding steroid dienone is 1. The molecule has 3 aliphatic carbocycles. The van der Waals surface area contributed by atoms with Gasteiger partial charge >= 0.3 is 0 Å². The van der Waals surface area contributed by atoms with Crippen molar-refractivity contribution in [1.82, 2.24) is 4.90 Å². The molecule has 6 rings (SSSR count). The van der Waals surface area contributed by atoms with Crippen LogP contribution < -0.4 is 18.9 Å². The largest absolute Gasteiger partial charge is 0.493 e. The van der Waals surface area contributed by atoms with Crippen molar-refractivity contribution in [2.45, 2.75) is 57.8 Å². The van der Waals surface area contributed by atoms with Gasteiger partial charge in [-0.3, -0.25) is 9.69 Å². The summed E-state index contributed by atoms with van der Waals surface area (Å²) in [6, 6.07) is 10.6. The SMILES string of the molecule is COc1cc(/C=C2\C[C@H]3[C@@H]4CCc5cc(OCCN6CCCC6)ccc5[C@H]4CC[C@]3(C)C2=O)cc(OC)c1OC. The molecule has 6 nitrogen and oxygen atoms in total. The minimum atomic E-state index is -0.288. The number of likely N-dealkylation sites (tertiary alicyclic amines) is 1. The van der Waals surface area contributed by atoms with E-state index in [1.54, 1.807) is 21.3 Å². The highest BCUT2D eigenvalue weighted by Crippen LogP contribution is 2.61. The number of nitrogens with zero attached hydrogens (tertiary/aromatic N) is 1. The Labute approximate surface area is 238 Å². The minimum Gasteiger partial charge on any atom is -0.493 e. The van der Waals surface area contributed by atoms with Gasteiger partial charge < -0.3 is 18.9 Å². The van der Waals surface area contributed by atoms with Crippen LogP contribution in [0.5, 0.6) is 23.0 Å². The van der Waals surface area contributed by atoms with Crippen LogP contribution in [0.25, 0.3) is 6.08 Å². The van der Waals surface area contributed by atoms with E-state index in [1.807, 2.05) is 18.2 Å². The monoisotopic (exact) mass is 545 g/mol. The second-order valence-corrected chi connectivity index (χ2v) is 12.3.